The number of carbonyl (C=O) groups excluding carboxylic acids is 1. The van der Waals surface area contributed by atoms with E-state index in [0.717, 1.165) is 53.9 Å². The molecular formula is C23H24N4O3. The summed E-state index contributed by atoms with van der Waals surface area (Å²) in [5.74, 6) is 1.34. The number of nitrogens with zero attached hydrogens (tertiary/aromatic N) is 4. The van der Waals surface area contributed by atoms with Crippen LogP contribution in [0.1, 0.15) is 47.6 Å². The summed E-state index contributed by atoms with van der Waals surface area (Å²) in [6, 6.07) is 13.8. The van der Waals surface area contributed by atoms with E-state index in [1.54, 1.807) is 6.92 Å². The number of fused-ring (bicyclic) bond motifs is 2. The first-order valence-electron chi connectivity index (χ1n) is 10.4. The molecule has 3 aromatic heterocycles. The van der Waals surface area contributed by atoms with Crippen LogP contribution in [0.5, 0.6) is 0 Å². The van der Waals surface area contributed by atoms with Gasteiger partial charge in [-0.25, -0.2) is 4.79 Å². The van der Waals surface area contributed by atoms with Crippen molar-refractivity contribution in [2.75, 3.05) is 19.7 Å². The molecule has 7 nitrogen and oxygen atoms in total. The maximum atomic E-state index is 12.5. The second-order valence-corrected chi connectivity index (χ2v) is 7.66. The first-order valence-corrected chi connectivity index (χ1v) is 10.4. The van der Waals surface area contributed by atoms with Crippen molar-refractivity contribution >= 4 is 22.6 Å². The average Bonchev–Trinajstić information content (AvgIpc) is 3.37. The van der Waals surface area contributed by atoms with E-state index in [1.165, 1.54) is 0 Å². The minimum Gasteiger partial charge on any atom is -0.460 e. The van der Waals surface area contributed by atoms with Crippen molar-refractivity contribution in [3.63, 3.8) is 0 Å². The number of para-hydroxylation sites is 1. The highest BCUT2D eigenvalue weighted by molar-refractivity contribution is 5.96. The molecule has 1 fully saturated rings. The lowest BCUT2D eigenvalue weighted by Gasteiger charge is -2.31. The largest absolute Gasteiger partial charge is 0.460 e. The molecule has 0 unspecified atom stereocenters. The molecule has 0 amide bonds. The summed E-state index contributed by atoms with van der Waals surface area (Å²) < 4.78 is 13.2. The number of hydrogen-bond donors (Lipinski definition) is 0. The van der Waals surface area contributed by atoms with Gasteiger partial charge in [-0.05, 0) is 51.1 Å². The molecule has 1 aliphatic heterocycles. The number of piperidine rings is 1. The Morgan fingerprint density at radius 1 is 1.13 bits per heavy atom. The Morgan fingerprint density at radius 2 is 1.93 bits per heavy atom. The zero-order valence-corrected chi connectivity index (χ0v) is 17.0. The Hall–Kier alpha value is -3.19. The number of pyridine rings is 1. The van der Waals surface area contributed by atoms with Gasteiger partial charge in [-0.15, -0.1) is 10.2 Å². The zero-order chi connectivity index (χ0) is 20.5. The van der Waals surface area contributed by atoms with Crippen molar-refractivity contribution in [2.24, 2.45) is 0 Å². The normalized spacial score (nSPS) is 15.8. The lowest BCUT2D eigenvalue weighted by atomic mass is 9.95. The van der Waals surface area contributed by atoms with Crippen molar-refractivity contribution in [3.8, 4) is 0 Å². The van der Waals surface area contributed by atoms with Crippen LogP contribution in [0.3, 0.4) is 0 Å². The van der Waals surface area contributed by atoms with Crippen LogP contribution in [0.4, 0.5) is 0 Å². The highest BCUT2D eigenvalue weighted by atomic mass is 16.5. The number of esters is 1. The highest BCUT2D eigenvalue weighted by Crippen LogP contribution is 2.31. The maximum Gasteiger partial charge on any atom is 0.374 e. The van der Waals surface area contributed by atoms with Gasteiger partial charge in [-0.2, -0.15) is 0 Å². The Balaban J connectivity index is 1.35. The Kier molecular flexibility index (Phi) is 4.96. The molecule has 5 rings (SSSR count). The number of furan rings is 1. The van der Waals surface area contributed by atoms with Crippen LogP contribution in [0.15, 0.2) is 53.1 Å². The Labute approximate surface area is 174 Å². The summed E-state index contributed by atoms with van der Waals surface area (Å²) in [6.07, 6.45) is 4.03. The molecule has 0 spiro atoms. The van der Waals surface area contributed by atoms with Gasteiger partial charge in [0.15, 0.2) is 5.65 Å². The fourth-order valence-corrected chi connectivity index (χ4v) is 4.33. The number of rotatable bonds is 5. The zero-order valence-electron chi connectivity index (χ0n) is 17.0. The Morgan fingerprint density at radius 3 is 2.77 bits per heavy atom. The molecule has 0 bridgehead atoms. The molecule has 1 saturated heterocycles. The molecule has 154 valence electrons. The van der Waals surface area contributed by atoms with Gasteiger partial charge in [0, 0.05) is 29.6 Å². The summed E-state index contributed by atoms with van der Waals surface area (Å²) in [5, 5.41) is 9.71. The minimum absolute atomic E-state index is 0.323. The van der Waals surface area contributed by atoms with Gasteiger partial charge < -0.3 is 9.15 Å². The van der Waals surface area contributed by atoms with E-state index in [1.807, 2.05) is 48.7 Å². The van der Waals surface area contributed by atoms with E-state index >= 15 is 0 Å². The number of aromatic nitrogens is 3. The quantitative estimate of drug-likeness (QED) is 0.468. The number of likely N-dealkylation sites (tertiary alicyclic amines) is 1. The third kappa shape index (κ3) is 3.35. The second kappa shape index (κ2) is 7.91. The summed E-state index contributed by atoms with van der Waals surface area (Å²) >= 11 is 0. The van der Waals surface area contributed by atoms with Crippen molar-refractivity contribution in [3.05, 3.63) is 65.8 Å². The van der Waals surface area contributed by atoms with Gasteiger partial charge >= 0.3 is 5.97 Å². The second-order valence-electron chi connectivity index (χ2n) is 7.66. The van der Waals surface area contributed by atoms with Crippen molar-refractivity contribution in [1.82, 2.24) is 19.5 Å². The average molecular weight is 404 g/mol. The lowest BCUT2D eigenvalue weighted by Crippen LogP contribution is -2.33. The van der Waals surface area contributed by atoms with Gasteiger partial charge in [0.05, 0.1) is 6.61 Å². The molecule has 7 heteroatoms. The molecular weight excluding hydrogens is 380 g/mol. The summed E-state index contributed by atoms with van der Waals surface area (Å²) in [7, 11) is 0. The molecule has 0 atom stereocenters. The summed E-state index contributed by atoms with van der Waals surface area (Å²) in [5.41, 5.74) is 2.52. The highest BCUT2D eigenvalue weighted by Gasteiger charge is 2.28. The number of hydrogen-bond acceptors (Lipinski definition) is 6. The SMILES string of the molecule is CCOC(=O)c1oc2ccccc2c1CN1CCC(c2nnc3ccccn23)CC1. The van der Waals surface area contributed by atoms with Crippen molar-refractivity contribution in [2.45, 2.75) is 32.2 Å². The van der Waals surface area contributed by atoms with Crippen LogP contribution >= 0.6 is 0 Å². The predicted octanol–water partition coefficient (Wildman–Crippen LogP) is 4.03. The molecule has 1 aromatic carbocycles. The van der Waals surface area contributed by atoms with Gasteiger partial charge in [0.25, 0.3) is 0 Å². The van der Waals surface area contributed by atoms with Crippen LogP contribution in [-0.2, 0) is 11.3 Å². The first kappa shape index (κ1) is 18.8. The maximum absolute atomic E-state index is 12.5. The molecule has 30 heavy (non-hydrogen) atoms. The van der Waals surface area contributed by atoms with Gasteiger partial charge in [-0.1, -0.05) is 24.3 Å². The molecule has 0 aliphatic carbocycles. The predicted molar refractivity (Wildman–Crippen MR) is 112 cm³/mol. The fraction of sp³-hybridized carbons (Fsp3) is 0.348. The van der Waals surface area contributed by atoms with Crippen LogP contribution in [0.25, 0.3) is 16.6 Å². The third-order valence-electron chi connectivity index (χ3n) is 5.83. The summed E-state index contributed by atoms with van der Waals surface area (Å²) in [6.45, 7) is 4.65. The van der Waals surface area contributed by atoms with Crippen LogP contribution in [-0.4, -0.2) is 45.2 Å². The van der Waals surface area contributed by atoms with Crippen LogP contribution < -0.4 is 0 Å². The van der Waals surface area contributed by atoms with Gasteiger partial charge in [0.2, 0.25) is 5.76 Å². The van der Waals surface area contributed by atoms with Gasteiger partial charge in [-0.3, -0.25) is 9.30 Å². The van der Waals surface area contributed by atoms with Crippen molar-refractivity contribution < 1.29 is 13.9 Å². The van der Waals surface area contributed by atoms with E-state index in [0.29, 0.717) is 24.8 Å². The molecule has 0 saturated carbocycles. The monoisotopic (exact) mass is 404 g/mol. The summed E-state index contributed by atoms with van der Waals surface area (Å²) in [4.78, 5) is 14.8. The lowest BCUT2D eigenvalue weighted by molar-refractivity contribution is 0.0489. The molecule has 4 aromatic rings. The topological polar surface area (TPSA) is 72.9 Å². The molecule has 0 radical (unpaired) electrons. The standard InChI is InChI=1S/C23H24N4O3/c1-2-29-23(28)21-18(17-7-3-4-8-19(17)30-21)15-26-13-10-16(11-14-26)22-25-24-20-9-5-6-12-27(20)22/h3-9,12,16H,2,10-11,13-15H2,1H3. The van der Waals surface area contributed by atoms with E-state index in [2.05, 4.69) is 19.5 Å². The smallest absolute Gasteiger partial charge is 0.374 e. The number of ether oxygens (including phenoxy) is 1. The molecule has 0 N–H and O–H groups in total. The van der Waals surface area contributed by atoms with Crippen LogP contribution in [0, 0.1) is 0 Å². The van der Waals surface area contributed by atoms with E-state index < -0.39 is 5.97 Å². The molecule has 4 heterocycles. The molecule has 1 aliphatic rings. The fourth-order valence-electron chi connectivity index (χ4n) is 4.33. The Bertz CT molecular complexity index is 1190. The first-order chi connectivity index (χ1) is 14.7. The third-order valence-corrected chi connectivity index (χ3v) is 5.83. The number of benzene rings is 1. The van der Waals surface area contributed by atoms with Gasteiger partial charge in [0.1, 0.15) is 11.4 Å². The number of carbonyl (C=O) groups is 1. The van der Waals surface area contributed by atoms with E-state index in [4.69, 9.17) is 9.15 Å². The van der Waals surface area contributed by atoms with Crippen LogP contribution in [0.2, 0.25) is 0 Å². The van der Waals surface area contributed by atoms with E-state index in [-0.39, 0.29) is 0 Å². The minimum atomic E-state index is -0.395. The van der Waals surface area contributed by atoms with E-state index in [9.17, 15) is 4.79 Å². The van der Waals surface area contributed by atoms with Crippen molar-refractivity contribution in [1.29, 1.82) is 0 Å².